The van der Waals surface area contributed by atoms with Gasteiger partial charge >= 0.3 is 0 Å². The van der Waals surface area contributed by atoms with Crippen molar-refractivity contribution in [1.82, 2.24) is 5.32 Å². The minimum atomic E-state index is 0.197. The Hall–Kier alpha value is -1.90. The molecule has 3 nitrogen and oxygen atoms in total. The summed E-state index contributed by atoms with van der Waals surface area (Å²) in [4.78, 5) is 2.36. The van der Waals surface area contributed by atoms with Crippen molar-refractivity contribution in [3.63, 3.8) is 0 Å². The van der Waals surface area contributed by atoms with Crippen molar-refractivity contribution < 1.29 is 0 Å². The van der Waals surface area contributed by atoms with Crippen molar-refractivity contribution in [2.24, 2.45) is 5.92 Å². The zero-order valence-corrected chi connectivity index (χ0v) is 11.8. The van der Waals surface area contributed by atoms with Crippen LogP contribution < -0.4 is 15.5 Å². The van der Waals surface area contributed by atoms with Gasteiger partial charge in [0.2, 0.25) is 0 Å². The molecule has 1 aromatic rings. The molecule has 19 heavy (non-hydrogen) atoms. The fourth-order valence-electron chi connectivity index (χ4n) is 2.94. The van der Waals surface area contributed by atoms with Crippen molar-refractivity contribution in [2.45, 2.75) is 33.5 Å². The van der Waals surface area contributed by atoms with Crippen LogP contribution in [-0.2, 0) is 0 Å². The van der Waals surface area contributed by atoms with Crippen molar-refractivity contribution in [3.05, 3.63) is 47.8 Å². The summed E-state index contributed by atoms with van der Waals surface area (Å²) in [5.74, 6) is 0.592. The van der Waals surface area contributed by atoms with E-state index < -0.39 is 0 Å². The van der Waals surface area contributed by atoms with Crippen LogP contribution in [0.1, 0.15) is 27.2 Å². The Labute approximate surface area is 115 Å². The Kier molecular flexibility index (Phi) is 2.97. The molecule has 2 N–H and O–H groups in total. The first-order valence-electron chi connectivity index (χ1n) is 7.16. The first kappa shape index (κ1) is 12.2. The average molecular weight is 255 g/mol. The molecule has 100 valence electrons. The Morgan fingerprint density at radius 3 is 2.79 bits per heavy atom. The third kappa shape index (κ3) is 1.72. The molecule has 1 aliphatic carbocycles. The fraction of sp³-hybridized carbons (Fsp3) is 0.375. The summed E-state index contributed by atoms with van der Waals surface area (Å²) in [5, 5.41) is 7.11. The topological polar surface area (TPSA) is 27.3 Å². The molecule has 0 saturated carbocycles. The van der Waals surface area contributed by atoms with Crippen LogP contribution in [0.2, 0.25) is 0 Å². The van der Waals surface area contributed by atoms with Gasteiger partial charge in [-0.2, -0.15) is 0 Å². The van der Waals surface area contributed by atoms with Gasteiger partial charge in [0.05, 0.1) is 17.1 Å². The van der Waals surface area contributed by atoms with Crippen LogP contribution in [0.5, 0.6) is 0 Å². The summed E-state index contributed by atoms with van der Waals surface area (Å²) in [7, 11) is 0. The van der Waals surface area contributed by atoms with Crippen molar-refractivity contribution in [2.75, 3.05) is 10.2 Å². The van der Waals surface area contributed by atoms with E-state index in [1.54, 1.807) is 0 Å². The molecule has 1 aromatic carbocycles. The number of benzene rings is 1. The number of anilines is 2. The van der Waals surface area contributed by atoms with Crippen LogP contribution >= 0.6 is 0 Å². The maximum atomic E-state index is 3.59. The number of nitrogens with zero attached hydrogens (tertiary/aromatic N) is 1. The number of allylic oxidation sites excluding steroid dienone is 3. The monoisotopic (exact) mass is 255 g/mol. The largest absolute Gasteiger partial charge is 0.349 e. The van der Waals surface area contributed by atoms with Gasteiger partial charge in [0.15, 0.2) is 6.29 Å². The summed E-state index contributed by atoms with van der Waals surface area (Å²) in [6.45, 7) is 6.28. The molecule has 2 aliphatic heterocycles. The van der Waals surface area contributed by atoms with Gasteiger partial charge in [-0.3, -0.25) is 4.90 Å². The highest BCUT2D eigenvalue weighted by molar-refractivity contribution is 5.80. The highest BCUT2D eigenvalue weighted by Gasteiger charge is 2.39. The molecule has 3 heteroatoms. The number of rotatable bonds is 0. The van der Waals surface area contributed by atoms with Gasteiger partial charge in [-0.15, -0.1) is 0 Å². The normalized spacial score (nSPS) is 25.7. The maximum Gasteiger partial charge on any atom is 0.180 e. The van der Waals surface area contributed by atoms with Gasteiger partial charge in [0.1, 0.15) is 0 Å². The Morgan fingerprint density at radius 1 is 1.16 bits per heavy atom. The Morgan fingerprint density at radius 2 is 1.95 bits per heavy atom. The predicted molar refractivity (Wildman–Crippen MR) is 80.8 cm³/mol. The number of para-hydroxylation sites is 2. The standard InChI is InChI=1S/C14H15N3.C2H6/c1-9-5-4-8-12-13(9)16-14-15-10-6-2-3-7-11(10)17(12)14;1-2/h2-4,6-9,14-16H,5H2,1H3;1-2H3. The predicted octanol–water partition coefficient (Wildman–Crippen LogP) is 3.64. The molecular weight excluding hydrogens is 234 g/mol. The molecule has 2 heterocycles. The number of hydrogen-bond donors (Lipinski definition) is 2. The van der Waals surface area contributed by atoms with E-state index in [0.29, 0.717) is 5.92 Å². The summed E-state index contributed by atoms with van der Waals surface area (Å²) in [6.07, 6.45) is 5.84. The Bertz CT molecular complexity index is 545. The number of fused-ring (bicyclic) bond motifs is 4. The molecule has 0 bridgehead atoms. The minimum Gasteiger partial charge on any atom is -0.349 e. The second-order valence-electron chi connectivity index (χ2n) is 4.92. The van der Waals surface area contributed by atoms with E-state index in [1.165, 1.54) is 22.8 Å². The van der Waals surface area contributed by atoms with Gasteiger partial charge in [-0.1, -0.05) is 39.0 Å². The summed E-state index contributed by atoms with van der Waals surface area (Å²) in [6, 6.07) is 8.47. The fourth-order valence-corrected chi connectivity index (χ4v) is 2.94. The van der Waals surface area contributed by atoms with Gasteiger partial charge < -0.3 is 10.6 Å². The van der Waals surface area contributed by atoms with E-state index in [1.807, 2.05) is 13.8 Å². The van der Waals surface area contributed by atoms with Crippen molar-refractivity contribution in [1.29, 1.82) is 0 Å². The minimum absolute atomic E-state index is 0.197. The second kappa shape index (κ2) is 4.65. The van der Waals surface area contributed by atoms with Crippen molar-refractivity contribution in [3.8, 4) is 0 Å². The summed E-state index contributed by atoms with van der Waals surface area (Å²) >= 11 is 0. The lowest BCUT2D eigenvalue weighted by Crippen LogP contribution is -2.39. The van der Waals surface area contributed by atoms with E-state index in [4.69, 9.17) is 0 Å². The average Bonchev–Trinajstić information content (AvgIpc) is 2.98. The molecule has 0 amide bonds. The van der Waals surface area contributed by atoms with E-state index in [9.17, 15) is 0 Å². The summed E-state index contributed by atoms with van der Waals surface area (Å²) in [5.41, 5.74) is 5.18. The van der Waals surface area contributed by atoms with Gasteiger partial charge in [-0.25, -0.2) is 0 Å². The highest BCUT2D eigenvalue weighted by atomic mass is 15.5. The van der Waals surface area contributed by atoms with Gasteiger partial charge in [0, 0.05) is 11.6 Å². The second-order valence-corrected chi connectivity index (χ2v) is 4.92. The molecule has 0 radical (unpaired) electrons. The van der Waals surface area contributed by atoms with Crippen molar-refractivity contribution >= 4 is 11.4 Å². The van der Waals surface area contributed by atoms with Crippen LogP contribution in [0, 0.1) is 5.92 Å². The first-order chi connectivity index (χ1) is 9.34. The zero-order valence-electron chi connectivity index (χ0n) is 11.8. The van der Waals surface area contributed by atoms with Gasteiger partial charge in [-0.05, 0) is 24.6 Å². The van der Waals surface area contributed by atoms with Crippen LogP contribution in [0.3, 0.4) is 0 Å². The van der Waals surface area contributed by atoms with E-state index in [2.05, 4.69) is 58.9 Å². The molecule has 0 fully saturated rings. The van der Waals surface area contributed by atoms with Crippen LogP contribution in [0.4, 0.5) is 11.4 Å². The molecule has 4 rings (SSSR count). The smallest absolute Gasteiger partial charge is 0.180 e. The van der Waals surface area contributed by atoms with E-state index in [0.717, 1.165) is 6.42 Å². The molecule has 0 spiro atoms. The first-order valence-corrected chi connectivity index (χ1v) is 7.16. The molecule has 2 atom stereocenters. The Balaban J connectivity index is 0.000000528. The molecule has 2 unspecified atom stereocenters. The zero-order chi connectivity index (χ0) is 13.4. The lowest BCUT2D eigenvalue weighted by atomic mass is 9.97. The molecular formula is C16H21N3. The SMILES string of the molecule is CC.CC1CC=CC2=C1NC1Nc3ccccc3N21. The van der Waals surface area contributed by atoms with Crippen LogP contribution in [-0.4, -0.2) is 6.29 Å². The number of hydrogen-bond acceptors (Lipinski definition) is 3. The number of nitrogens with one attached hydrogen (secondary N) is 2. The quantitative estimate of drug-likeness (QED) is 0.741. The molecule has 0 saturated heterocycles. The van der Waals surface area contributed by atoms with E-state index >= 15 is 0 Å². The highest BCUT2D eigenvalue weighted by Crippen LogP contribution is 2.42. The van der Waals surface area contributed by atoms with E-state index in [-0.39, 0.29) is 6.29 Å². The van der Waals surface area contributed by atoms with Gasteiger partial charge in [0.25, 0.3) is 0 Å². The lowest BCUT2D eigenvalue weighted by Gasteiger charge is -2.20. The third-order valence-electron chi connectivity index (χ3n) is 3.80. The molecule has 0 aromatic heterocycles. The lowest BCUT2D eigenvalue weighted by molar-refractivity contribution is 0.597. The van der Waals surface area contributed by atoms with Crippen LogP contribution in [0.15, 0.2) is 47.8 Å². The third-order valence-corrected chi connectivity index (χ3v) is 3.80. The maximum absolute atomic E-state index is 3.59. The molecule has 3 aliphatic rings. The summed E-state index contributed by atoms with van der Waals surface area (Å²) < 4.78 is 0. The van der Waals surface area contributed by atoms with Crippen LogP contribution in [0.25, 0.3) is 0 Å².